The second-order valence-corrected chi connectivity index (χ2v) is 6.10. The van der Waals surface area contributed by atoms with E-state index < -0.39 is 34.5 Å². The fourth-order valence-electron chi connectivity index (χ4n) is 1.93. The molecular formula is C15H20N2O6. The van der Waals surface area contributed by atoms with Crippen molar-refractivity contribution in [3.8, 4) is 0 Å². The Morgan fingerprint density at radius 1 is 1.26 bits per heavy atom. The molecule has 0 radical (unpaired) electrons. The molecule has 0 heterocycles. The number of rotatable bonds is 5. The molecule has 0 fully saturated rings. The number of nitrogens with zero attached hydrogens (tertiary/aromatic N) is 1. The molecule has 1 amide bonds. The van der Waals surface area contributed by atoms with Crippen molar-refractivity contribution in [1.29, 1.82) is 0 Å². The highest BCUT2D eigenvalue weighted by Crippen LogP contribution is 2.22. The second-order valence-electron chi connectivity index (χ2n) is 6.10. The summed E-state index contributed by atoms with van der Waals surface area (Å²) < 4.78 is 5.05. The molecule has 8 nitrogen and oxygen atoms in total. The molecule has 2 N–H and O–H groups in total. The van der Waals surface area contributed by atoms with Crippen LogP contribution in [0.25, 0.3) is 0 Å². The molecule has 0 aliphatic rings. The van der Waals surface area contributed by atoms with Gasteiger partial charge >= 0.3 is 12.1 Å². The Bertz CT molecular complexity index is 591. The lowest BCUT2D eigenvalue weighted by Crippen LogP contribution is -2.46. The van der Waals surface area contributed by atoms with E-state index in [2.05, 4.69) is 5.32 Å². The van der Waals surface area contributed by atoms with Gasteiger partial charge in [-0.1, -0.05) is 19.1 Å². The number of nitro groups is 1. The van der Waals surface area contributed by atoms with Crippen LogP contribution in [-0.4, -0.2) is 33.7 Å². The molecule has 23 heavy (non-hydrogen) atoms. The lowest BCUT2D eigenvalue weighted by atomic mass is 9.93. The summed E-state index contributed by atoms with van der Waals surface area (Å²) in [6.07, 6.45) is -0.835. The summed E-state index contributed by atoms with van der Waals surface area (Å²) >= 11 is 0. The number of aliphatic carboxylic acids is 1. The monoisotopic (exact) mass is 324 g/mol. The molecule has 0 spiro atoms. The first-order valence-corrected chi connectivity index (χ1v) is 6.98. The van der Waals surface area contributed by atoms with E-state index in [4.69, 9.17) is 4.74 Å². The van der Waals surface area contributed by atoms with E-state index in [1.54, 1.807) is 27.7 Å². The van der Waals surface area contributed by atoms with E-state index in [-0.39, 0.29) is 5.69 Å². The minimum absolute atomic E-state index is 0.0899. The first kappa shape index (κ1) is 18.4. The topological polar surface area (TPSA) is 119 Å². The molecule has 1 aromatic rings. The van der Waals surface area contributed by atoms with E-state index in [0.29, 0.717) is 5.56 Å². The maximum Gasteiger partial charge on any atom is 0.408 e. The summed E-state index contributed by atoms with van der Waals surface area (Å²) in [5, 5.41) is 22.3. The van der Waals surface area contributed by atoms with Crippen molar-refractivity contribution in [3.63, 3.8) is 0 Å². The summed E-state index contributed by atoms with van der Waals surface area (Å²) in [5.74, 6) is -1.82. The van der Waals surface area contributed by atoms with Crippen LogP contribution in [0.15, 0.2) is 24.3 Å². The van der Waals surface area contributed by atoms with Crippen LogP contribution in [0, 0.1) is 10.1 Å². The number of ether oxygens (including phenoxy) is 1. The number of carbonyl (C=O) groups is 2. The lowest BCUT2D eigenvalue weighted by Gasteiger charge is -2.25. The van der Waals surface area contributed by atoms with Gasteiger partial charge in [-0.15, -0.1) is 0 Å². The Kier molecular flexibility index (Phi) is 5.67. The maximum atomic E-state index is 11.8. The molecule has 1 rings (SSSR count). The molecule has 0 bridgehead atoms. The fraction of sp³-hybridized carbons (Fsp3) is 0.467. The van der Waals surface area contributed by atoms with Crippen molar-refractivity contribution in [1.82, 2.24) is 5.32 Å². The van der Waals surface area contributed by atoms with Crippen LogP contribution in [0.4, 0.5) is 10.5 Å². The first-order valence-electron chi connectivity index (χ1n) is 6.98. The van der Waals surface area contributed by atoms with Gasteiger partial charge in [0.1, 0.15) is 11.6 Å². The standard InChI is InChI=1S/C15H20N2O6/c1-9(10-5-7-11(8-6-10)17(21)22)12(13(18)19)16-14(20)23-15(2,3)4/h5-9,12H,1-4H3,(H,16,20)(H,18,19)/t9-,12+/m1/s1. The molecular weight excluding hydrogens is 304 g/mol. The van der Waals surface area contributed by atoms with Crippen molar-refractivity contribution in [2.45, 2.75) is 45.3 Å². The number of alkyl carbamates (subject to hydrolysis) is 1. The normalized spacial score (nSPS) is 13.7. The van der Waals surface area contributed by atoms with Gasteiger partial charge in [0.25, 0.3) is 5.69 Å². The molecule has 126 valence electrons. The van der Waals surface area contributed by atoms with E-state index in [1.807, 2.05) is 0 Å². The van der Waals surface area contributed by atoms with Crippen LogP contribution in [0.5, 0.6) is 0 Å². The molecule has 0 aliphatic heterocycles. The minimum atomic E-state index is -1.22. The summed E-state index contributed by atoms with van der Waals surface area (Å²) in [4.78, 5) is 33.3. The van der Waals surface area contributed by atoms with Crippen LogP contribution in [-0.2, 0) is 9.53 Å². The number of carbonyl (C=O) groups excluding carboxylic acids is 1. The third kappa shape index (κ3) is 5.57. The molecule has 0 saturated carbocycles. The van der Waals surface area contributed by atoms with E-state index >= 15 is 0 Å². The van der Waals surface area contributed by atoms with E-state index in [0.717, 1.165) is 0 Å². The van der Waals surface area contributed by atoms with Crippen LogP contribution >= 0.6 is 0 Å². The van der Waals surface area contributed by atoms with Gasteiger partial charge in [-0.2, -0.15) is 0 Å². The highest BCUT2D eigenvalue weighted by atomic mass is 16.6. The van der Waals surface area contributed by atoms with Crippen LogP contribution in [0.2, 0.25) is 0 Å². The number of carboxylic acid groups (broad SMARTS) is 1. The average Bonchev–Trinajstić information content (AvgIpc) is 2.42. The van der Waals surface area contributed by atoms with Crippen molar-refractivity contribution in [3.05, 3.63) is 39.9 Å². The Hall–Kier alpha value is -2.64. The van der Waals surface area contributed by atoms with Gasteiger partial charge in [0.2, 0.25) is 0 Å². The Balaban J connectivity index is 2.90. The second kappa shape index (κ2) is 7.08. The summed E-state index contributed by atoms with van der Waals surface area (Å²) in [6.45, 7) is 6.61. The lowest BCUT2D eigenvalue weighted by molar-refractivity contribution is -0.384. The van der Waals surface area contributed by atoms with Gasteiger partial charge in [0.05, 0.1) is 4.92 Å². The molecule has 1 aromatic carbocycles. The van der Waals surface area contributed by atoms with Crippen LogP contribution < -0.4 is 5.32 Å². The van der Waals surface area contributed by atoms with E-state index in [9.17, 15) is 24.8 Å². The molecule has 8 heteroatoms. The zero-order valence-electron chi connectivity index (χ0n) is 13.4. The first-order chi connectivity index (χ1) is 10.5. The molecule has 0 saturated heterocycles. The van der Waals surface area contributed by atoms with Crippen molar-refractivity contribution < 1.29 is 24.4 Å². The largest absolute Gasteiger partial charge is 0.480 e. The van der Waals surface area contributed by atoms with Gasteiger partial charge in [-0.05, 0) is 26.3 Å². The van der Waals surface area contributed by atoms with Crippen LogP contribution in [0.1, 0.15) is 39.2 Å². The van der Waals surface area contributed by atoms with Gasteiger partial charge in [0.15, 0.2) is 0 Å². The predicted molar refractivity (Wildman–Crippen MR) is 82.3 cm³/mol. The number of hydrogen-bond acceptors (Lipinski definition) is 5. The SMILES string of the molecule is C[C@H](c1ccc([N+](=O)[O-])cc1)[C@H](NC(=O)OC(C)(C)C)C(=O)O. The predicted octanol–water partition coefficient (Wildman–Crippen LogP) is 2.68. The number of nitro benzene ring substituents is 1. The van der Waals surface area contributed by atoms with Crippen molar-refractivity contribution in [2.24, 2.45) is 0 Å². The fourth-order valence-corrected chi connectivity index (χ4v) is 1.93. The third-order valence-corrected chi connectivity index (χ3v) is 3.07. The zero-order valence-corrected chi connectivity index (χ0v) is 13.4. The number of non-ortho nitro benzene ring substituents is 1. The quantitative estimate of drug-likeness (QED) is 0.635. The van der Waals surface area contributed by atoms with Gasteiger partial charge in [-0.3, -0.25) is 10.1 Å². The van der Waals surface area contributed by atoms with Gasteiger partial charge < -0.3 is 15.2 Å². The highest BCUT2D eigenvalue weighted by Gasteiger charge is 2.30. The Morgan fingerprint density at radius 3 is 2.17 bits per heavy atom. The highest BCUT2D eigenvalue weighted by molar-refractivity contribution is 5.81. The number of hydrogen-bond donors (Lipinski definition) is 2. The smallest absolute Gasteiger partial charge is 0.408 e. The summed E-state index contributed by atoms with van der Waals surface area (Å²) in [6, 6.07) is 4.30. The summed E-state index contributed by atoms with van der Waals surface area (Å²) in [5.41, 5.74) is -0.281. The molecule has 0 aliphatic carbocycles. The van der Waals surface area contributed by atoms with E-state index in [1.165, 1.54) is 24.3 Å². The number of nitrogens with one attached hydrogen (secondary N) is 1. The average molecular weight is 324 g/mol. The molecule has 0 unspecified atom stereocenters. The number of amides is 1. The van der Waals surface area contributed by atoms with Gasteiger partial charge in [0, 0.05) is 18.1 Å². The summed E-state index contributed by atoms with van der Waals surface area (Å²) in [7, 11) is 0. The molecule has 2 atom stereocenters. The molecule has 0 aromatic heterocycles. The number of carboxylic acids is 1. The maximum absolute atomic E-state index is 11.8. The number of benzene rings is 1. The Labute approximate surface area is 133 Å². The third-order valence-electron chi connectivity index (χ3n) is 3.07. The zero-order chi connectivity index (χ0) is 17.8. The van der Waals surface area contributed by atoms with Gasteiger partial charge in [-0.25, -0.2) is 9.59 Å². The van der Waals surface area contributed by atoms with Crippen LogP contribution in [0.3, 0.4) is 0 Å². The minimum Gasteiger partial charge on any atom is -0.480 e. The van der Waals surface area contributed by atoms with Crippen molar-refractivity contribution in [2.75, 3.05) is 0 Å². The Morgan fingerprint density at radius 2 is 1.78 bits per heavy atom. The van der Waals surface area contributed by atoms with Crippen molar-refractivity contribution >= 4 is 17.7 Å².